The fourth-order valence-corrected chi connectivity index (χ4v) is 2.08. The topological polar surface area (TPSA) is 32.3 Å². The minimum atomic E-state index is -0.115. The van der Waals surface area contributed by atoms with Gasteiger partial charge in [0.05, 0.1) is 6.61 Å². The summed E-state index contributed by atoms with van der Waals surface area (Å²) in [5, 5.41) is 12.6. The average molecular weight is 242 g/mol. The molecule has 2 rings (SSSR count). The van der Waals surface area contributed by atoms with E-state index >= 15 is 0 Å². The summed E-state index contributed by atoms with van der Waals surface area (Å²) in [5.74, 6) is 0. The van der Waals surface area contributed by atoms with E-state index in [0.717, 1.165) is 16.7 Å². The number of hydrogen-bond donors (Lipinski definition) is 2. The molecule has 2 nitrogen and oxygen atoms in total. The Morgan fingerprint density at radius 2 is 2.38 bits per heavy atom. The van der Waals surface area contributed by atoms with Crippen LogP contribution < -0.4 is 5.32 Å². The molecule has 0 saturated carbocycles. The van der Waals surface area contributed by atoms with Crippen molar-refractivity contribution in [3.63, 3.8) is 0 Å². The Morgan fingerprint density at radius 1 is 1.62 bits per heavy atom. The van der Waals surface area contributed by atoms with Crippen molar-refractivity contribution in [3.05, 3.63) is 28.2 Å². The molecule has 0 unspecified atom stereocenters. The molecule has 0 spiro atoms. The van der Waals surface area contributed by atoms with E-state index in [4.69, 9.17) is 0 Å². The minimum Gasteiger partial charge on any atom is -0.395 e. The molecular weight excluding hydrogens is 230 g/mol. The Hall–Kier alpha value is -0.540. The number of rotatable bonds is 1. The summed E-state index contributed by atoms with van der Waals surface area (Å²) in [4.78, 5) is 0. The monoisotopic (exact) mass is 241 g/mol. The number of hydrogen-bond acceptors (Lipinski definition) is 2. The molecule has 1 aliphatic rings. The van der Waals surface area contributed by atoms with Crippen molar-refractivity contribution in [1.82, 2.24) is 0 Å². The van der Waals surface area contributed by atoms with Gasteiger partial charge in [-0.15, -0.1) is 0 Å². The van der Waals surface area contributed by atoms with Crippen LogP contribution in [0.25, 0.3) is 0 Å². The second-order valence-electron chi connectivity index (χ2n) is 3.76. The first kappa shape index (κ1) is 9.03. The van der Waals surface area contributed by atoms with Crippen LogP contribution in [-0.4, -0.2) is 18.3 Å². The van der Waals surface area contributed by atoms with Crippen LogP contribution in [0.3, 0.4) is 0 Å². The first-order valence-electron chi connectivity index (χ1n) is 4.30. The molecule has 1 aromatic rings. The van der Waals surface area contributed by atoms with Gasteiger partial charge in [-0.1, -0.05) is 28.9 Å². The Kier molecular flexibility index (Phi) is 2.08. The fourth-order valence-electron chi connectivity index (χ4n) is 1.72. The van der Waals surface area contributed by atoms with E-state index in [1.807, 2.05) is 6.07 Å². The van der Waals surface area contributed by atoms with Crippen LogP contribution in [0, 0.1) is 0 Å². The lowest BCUT2D eigenvalue weighted by atomic mass is 9.86. The lowest BCUT2D eigenvalue weighted by Gasteiger charge is -2.20. The third kappa shape index (κ3) is 1.36. The molecule has 2 N–H and O–H groups in total. The van der Waals surface area contributed by atoms with Crippen molar-refractivity contribution in [2.45, 2.75) is 12.3 Å². The molecule has 0 saturated heterocycles. The molecule has 70 valence electrons. The summed E-state index contributed by atoms with van der Waals surface area (Å²) in [7, 11) is 0. The molecule has 0 aromatic heterocycles. The maximum atomic E-state index is 9.29. The lowest BCUT2D eigenvalue weighted by Crippen LogP contribution is -2.28. The van der Waals surface area contributed by atoms with Gasteiger partial charge in [0.1, 0.15) is 0 Å². The fraction of sp³-hybridized carbons (Fsp3) is 0.400. The summed E-state index contributed by atoms with van der Waals surface area (Å²) in [5.41, 5.74) is 2.22. The van der Waals surface area contributed by atoms with E-state index < -0.39 is 0 Å². The standard InChI is InChI=1S/C10H12BrNO/c1-10(6-13)5-12-9-4-7(11)2-3-8(9)10/h2-4,12-13H,5-6H2,1H3/t10-/m0/s1. The van der Waals surface area contributed by atoms with Crippen LogP contribution >= 0.6 is 15.9 Å². The van der Waals surface area contributed by atoms with Crippen LogP contribution in [0.5, 0.6) is 0 Å². The van der Waals surface area contributed by atoms with Gasteiger partial charge >= 0.3 is 0 Å². The van der Waals surface area contributed by atoms with Crippen molar-refractivity contribution >= 4 is 21.6 Å². The third-order valence-electron chi connectivity index (χ3n) is 2.65. The quantitative estimate of drug-likeness (QED) is 0.790. The predicted octanol–water partition coefficient (Wildman–Crippen LogP) is 2.12. The Morgan fingerprint density at radius 3 is 3.08 bits per heavy atom. The van der Waals surface area contributed by atoms with Gasteiger partial charge in [0, 0.05) is 22.1 Å². The minimum absolute atomic E-state index is 0.115. The highest BCUT2D eigenvalue weighted by molar-refractivity contribution is 9.10. The van der Waals surface area contributed by atoms with Crippen molar-refractivity contribution < 1.29 is 5.11 Å². The Balaban J connectivity index is 2.49. The van der Waals surface area contributed by atoms with Crippen molar-refractivity contribution in [1.29, 1.82) is 0 Å². The molecule has 3 heteroatoms. The lowest BCUT2D eigenvalue weighted by molar-refractivity contribution is 0.218. The van der Waals surface area contributed by atoms with Crippen molar-refractivity contribution in [2.24, 2.45) is 0 Å². The van der Waals surface area contributed by atoms with Gasteiger partial charge in [0.2, 0.25) is 0 Å². The maximum absolute atomic E-state index is 9.29. The molecular formula is C10H12BrNO. The van der Waals surface area contributed by atoms with Crippen LogP contribution in [0.4, 0.5) is 5.69 Å². The van der Waals surface area contributed by atoms with E-state index in [0.29, 0.717) is 0 Å². The van der Waals surface area contributed by atoms with Gasteiger partial charge in [-0.3, -0.25) is 0 Å². The summed E-state index contributed by atoms with van der Waals surface area (Å²) in [6.45, 7) is 3.07. The van der Waals surface area contributed by atoms with Crippen LogP contribution in [0.2, 0.25) is 0 Å². The number of aliphatic hydroxyl groups excluding tert-OH is 1. The Labute approximate surface area is 86.1 Å². The summed E-state index contributed by atoms with van der Waals surface area (Å²) in [6, 6.07) is 6.13. The third-order valence-corrected chi connectivity index (χ3v) is 3.14. The van der Waals surface area contributed by atoms with Gasteiger partial charge in [-0.25, -0.2) is 0 Å². The van der Waals surface area contributed by atoms with Crippen LogP contribution in [0.15, 0.2) is 22.7 Å². The summed E-state index contributed by atoms with van der Waals surface area (Å²) < 4.78 is 1.07. The number of fused-ring (bicyclic) bond motifs is 1. The highest BCUT2D eigenvalue weighted by Crippen LogP contribution is 2.37. The molecule has 1 aliphatic heterocycles. The van der Waals surface area contributed by atoms with Gasteiger partial charge in [-0.2, -0.15) is 0 Å². The highest BCUT2D eigenvalue weighted by Gasteiger charge is 2.33. The molecule has 0 fully saturated rings. The summed E-state index contributed by atoms with van der Waals surface area (Å²) >= 11 is 3.42. The van der Waals surface area contributed by atoms with E-state index in [9.17, 15) is 5.11 Å². The second kappa shape index (κ2) is 3.00. The van der Waals surface area contributed by atoms with Gasteiger partial charge in [0.15, 0.2) is 0 Å². The SMILES string of the molecule is C[C@@]1(CO)CNc2cc(Br)ccc21. The largest absolute Gasteiger partial charge is 0.395 e. The molecule has 1 aromatic carbocycles. The first-order valence-corrected chi connectivity index (χ1v) is 5.10. The number of halogens is 1. The zero-order valence-electron chi connectivity index (χ0n) is 7.47. The maximum Gasteiger partial charge on any atom is 0.0543 e. The van der Waals surface area contributed by atoms with Crippen LogP contribution in [-0.2, 0) is 5.41 Å². The van der Waals surface area contributed by atoms with Crippen molar-refractivity contribution in [3.8, 4) is 0 Å². The second-order valence-corrected chi connectivity index (χ2v) is 4.68. The molecule has 0 aliphatic carbocycles. The molecule has 1 atom stereocenters. The first-order chi connectivity index (χ1) is 6.15. The number of benzene rings is 1. The van der Waals surface area contributed by atoms with E-state index in [-0.39, 0.29) is 12.0 Å². The highest BCUT2D eigenvalue weighted by atomic mass is 79.9. The molecule has 0 amide bonds. The number of anilines is 1. The summed E-state index contributed by atoms with van der Waals surface area (Å²) in [6.07, 6.45) is 0. The average Bonchev–Trinajstić information content (AvgIpc) is 2.45. The van der Waals surface area contributed by atoms with Crippen molar-refractivity contribution in [2.75, 3.05) is 18.5 Å². The molecule has 0 radical (unpaired) electrons. The van der Waals surface area contributed by atoms with E-state index in [1.54, 1.807) is 0 Å². The van der Waals surface area contributed by atoms with E-state index in [2.05, 4.69) is 40.3 Å². The number of nitrogens with one attached hydrogen (secondary N) is 1. The predicted molar refractivity (Wildman–Crippen MR) is 57.1 cm³/mol. The van der Waals surface area contributed by atoms with Gasteiger partial charge < -0.3 is 10.4 Å². The Bertz CT molecular complexity index is 340. The zero-order valence-corrected chi connectivity index (χ0v) is 9.06. The zero-order chi connectivity index (χ0) is 9.47. The normalized spacial score (nSPS) is 25.5. The molecule has 13 heavy (non-hydrogen) atoms. The van der Waals surface area contributed by atoms with Gasteiger partial charge in [-0.05, 0) is 17.7 Å². The van der Waals surface area contributed by atoms with E-state index in [1.165, 1.54) is 5.56 Å². The molecule has 1 heterocycles. The smallest absolute Gasteiger partial charge is 0.0543 e. The van der Waals surface area contributed by atoms with Crippen LogP contribution in [0.1, 0.15) is 12.5 Å². The molecule has 0 bridgehead atoms. The van der Waals surface area contributed by atoms with Gasteiger partial charge in [0.25, 0.3) is 0 Å². The number of aliphatic hydroxyl groups is 1.